The first-order valence-corrected chi connectivity index (χ1v) is 5.70. The minimum atomic E-state index is 0.301. The molecule has 2 aromatic heterocycles. The Morgan fingerprint density at radius 1 is 1.56 bits per heavy atom. The Balaban J connectivity index is 2.51. The van der Waals surface area contributed by atoms with Crippen LogP contribution in [0.3, 0.4) is 0 Å². The molecule has 0 spiro atoms. The largest absolute Gasteiger partial charge is 0.448 e. The molecular weight excluding hydrogens is 274 g/mol. The number of nitrogens with zero attached hydrogens (tertiary/aromatic N) is 3. The summed E-state index contributed by atoms with van der Waals surface area (Å²) in [5, 5.41) is 7.73. The molecule has 0 unspecified atom stereocenters. The summed E-state index contributed by atoms with van der Waals surface area (Å²) < 4.78 is 7.70. The maximum Gasteiger partial charge on any atom is 0.172 e. The molecule has 84 valence electrons. The van der Waals surface area contributed by atoms with E-state index in [1.807, 2.05) is 6.92 Å². The second kappa shape index (κ2) is 4.61. The molecule has 5 nitrogen and oxygen atoms in total. The van der Waals surface area contributed by atoms with Gasteiger partial charge in [-0.2, -0.15) is 0 Å². The second-order valence-corrected chi connectivity index (χ2v) is 4.05. The molecule has 2 aromatic rings. The van der Waals surface area contributed by atoms with E-state index < -0.39 is 0 Å². The van der Waals surface area contributed by atoms with Gasteiger partial charge in [0, 0.05) is 6.54 Å². The molecule has 2 rings (SSSR count). The van der Waals surface area contributed by atoms with E-state index in [1.165, 1.54) is 0 Å². The highest BCUT2D eigenvalue weighted by Crippen LogP contribution is 2.26. The predicted molar refractivity (Wildman–Crippen MR) is 61.1 cm³/mol. The molecule has 0 aliphatic rings. The fraction of sp³-hybridized carbons (Fsp3) is 0.300. The predicted octanol–water partition coefficient (Wildman–Crippen LogP) is 2.52. The highest BCUT2D eigenvalue weighted by atomic mass is 79.9. The van der Waals surface area contributed by atoms with Crippen molar-refractivity contribution in [3.63, 3.8) is 0 Å². The minimum Gasteiger partial charge on any atom is -0.448 e. The Morgan fingerprint density at radius 2 is 2.38 bits per heavy atom. The van der Waals surface area contributed by atoms with Gasteiger partial charge >= 0.3 is 0 Å². The van der Waals surface area contributed by atoms with Gasteiger partial charge in [-0.05, 0) is 34.5 Å². The fourth-order valence-corrected chi connectivity index (χ4v) is 1.78. The molecule has 0 fully saturated rings. The number of hydrogen-bond donors (Lipinski definition) is 0. The molecule has 0 aromatic carbocycles. The van der Waals surface area contributed by atoms with Crippen molar-refractivity contribution in [2.45, 2.75) is 19.9 Å². The van der Waals surface area contributed by atoms with E-state index in [4.69, 9.17) is 4.42 Å². The van der Waals surface area contributed by atoms with Crippen LogP contribution in [-0.2, 0) is 6.54 Å². The molecule has 6 heteroatoms. The second-order valence-electron chi connectivity index (χ2n) is 3.27. The SMILES string of the molecule is CCCn1nnc(C=O)c1-c1ccc(Br)o1. The number of carbonyl (C=O) groups excluding carboxylic acids is 1. The van der Waals surface area contributed by atoms with Gasteiger partial charge in [0.1, 0.15) is 5.69 Å². The van der Waals surface area contributed by atoms with E-state index in [-0.39, 0.29) is 0 Å². The summed E-state index contributed by atoms with van der Waals surface area (Å²) >= 11 is 3.22. The number of carbonyl (C=O) groups is 1. The fourth-order valence-electron chi connectivity index (χ4n) is 1.47. The van der Waals surface area contributed by atoms with Gasteiger partial charge in [-0.25, -0.2) is 4.68 Å². The van der Waals surface area contributed by atoms with Crippen LogP contribution < -0.4 is 0 Å². The lowest BCUT2D eigenvalue weighted by Gasteiger charge is -2.01. The number of aldehydes is 1. The molecule has 0 aliphatic carbocycles. The van der Waals surface area contributed by atoms with Crippen molar-refractivity contribution in [2.24, 2.45) is 0 Å². The third-order valence-electron chi connectivity index (χ3n) is 2.11. The lowest BCUT2D eigenvalue weighted by Crippen LogP contribution is -2.01. The van der Waals surface area contributed by atoms with Gasteiger partial charge in [-0.3, -0.25) is 4.79 Å². The Bertz CT molecular complexity index is 504. The van der Waals surface area contributed by atoms with Gasteiger partial charge in [0.2, 0.25) is 0 Å². The monoisotopic (exact) mass is 283 g/mol. The van der Waals surface area contributed by atoms with E-state index in [1.54, 1.807) is 16.8 Å². The first-order chi connectivity index (χ1) is 7.76. The zero-order valence-electron chi connectivity index (χ0n) is 8.68. The number of aryl methyl sites for hydroxylation is 1. The molecule has 0 atom stereocenters. The highest BCUT2D eigenvalue weighted by Gasteiger charge is 2.16. The number of halogens is 1. The van der Waals surface area contributed by atoms with Crippen LogP contribution in [-0.4, -0.2) is 21.3 Å². The van der Waals surface area contributed by atoms with Gasteiger partial charge in [-0.1, -0.05) is 12.1 Å². The van der Waals surface area contributed by atoms with Crippen LogP contribution in [0.4, 0.5) is 0 Å². The summed E-state index contributed by atoms with van der Waals surface area (Å²) in [7, 11) is 0. The average molecular weight is 284 g/mol. The van der Waals surface area contributed by atoms with Crippen LogP contribution >= 0.6 is 15.9 Å². The Kier molecular flexibility index (Phi) is 3.19. The Morgan fingerprint density at radius 3 is 2.94 bits per heavy atom. The molecule has 0 radical (unpaired) electrons. The first kappa shape index (κ1) is 11.1. The molecule has 16 heavy (non-hydrogen) atoms. The molecule has 2 heterocycles. The third kappa shape index (κ3) is 1.92. The maximum absolute atomic E-state index is 10.9. The smallest absolute Gasteiger partial charge is 0.172 e. The molecular formula is C10H10BrN3O2. The molecule has 0 saturated heterocycles. The maximum atomic E-state index is 10.9. The summed E-state index contributed by atoms with van der Waals surface area (Å²) in [6, 6.07) is 3.55. The average Bonchev–Trinajstić information content (AvgIpc) is 2.85. The third-order valence-corrected chi connectivity index (χ3v) is 2.54. The quantitative estimate of drug-likeness (QED) is 0.809. The van der Waals surface area contributed by atoms with Crippen molar-refractivity contribution >= 4 is 22.2 Å². The van der Waals surface area contributed by atoms with E-state index in [2.05, 4.69) is 26.2 Å². The molecule has 0 aliphatic heterocycles. The molecule has 0 N–H and O–H groups in total. The molecule has 0 saturated carbocycles. The van der Waals surface area contributed by atoms with Crippen molar-refractivity contribution in [3.8, 4) is 11.5 Å². The van der Waals surface area contributed by atoms with Crippen LogP contribution in [0.5, 0.6) is 0 Å². The Labute approximate surface area is 101 Å². The number of aromatic nitrogens is 3. The molecule has 0 bridgehead atoms. The topological polar surface area (TPSA) is 60.9 Å². The number of furan rings is 1. The van der Waals surface area contributed by atoms with E-state index in [9.17, 15) is 4.79 Å². The highest BCUT2D eigenvalue weighted by molar-refractivity contribution is 9.10. The van der Waals surface area contributed by atoms with Gasteiger partial charge in [0.05, 0.1) is 0 Å². The van der Waals surface area contributed by atoms with E-state index in [0.717, 1.165) is 6.42 Å². The normalized spacial score (nSPS) is 10.6. The van der Waals surface area contributed by atoms with Gasteiger partial charge < -0.3 is 4.42 Å². The van der Waals surface area contributed by atoms with E-state index in [0.29, 0.717) is 34.6 Å². The van der Waals surface area contributed by atoms with Gasteiger partial charge in [0.25, 0.3) is 0 Å². The first-order valence-electron chi connectivity index (χ1n) is 4.90. The summed E-state index contributed by atoms with van der Waals surface area (Å²) in [6.07, 6.45) is 1.60. The standard InChI is InChI=1S/C10H10BrN3O2/c1-2-5-14-10(7(6-15)12-13-14)8-3-4-9(11)16-8/h3-4,6H,2,5H2,1H3. The van der Waals surface area contributed by atoms with Crippen LogP contribution in [0.25, 0.3) is 11.5 Å². The summed E-state index contributed by atoms with van der Waals surface area (Å²) in [5.74, 6) is 0.590. The van der Waals surface area contributed by atoms with Crippen molar-refractivity contribution in [1.82, 2.24) is 15.0 Å². The van der Waals surface area contributed by atoms with E-state index >= 15 is 0 Å². The molecule has 0 amide bonds. The lowest BCUT2D eigenvalue weighted by molar-refractivity contribution is 0.111. The zero-order chi connectivity index (χ0) is 11.5. The van der Waals surface area contributed by atoms with Crippen LogP contribution in [0, 0.1) is 0 Å². The van der Waals surface area contributed by atoms with Crippen molar-refractivity contribution in [3.05, 3.63) is 22.5 Å². The van der Waals surface area contributed by atoms with Crippen molar-refractivity contribution < 1.29 is 9.21 Å². The van der Waals surface area contributed by atoms with Gasteiger partial charge in [0.15, 0.2) is 22.4 Å². The summed E-state index contributed by atoms with van der Waals surface area (Å²) in [6.45, 7) is 2.73. The number of hydrogen-bond acceptors (Lipinski definition) is 4. The summed E-state index contributed by atoms with van der Waals surface area (Å²) in [4.78, 5) is 10.9. The van der Waals surface area contributed by atoms with Crippen molar-refractivity contribution in [2.75, 3.05) is 0 Å². The Hall–Kier alpha value is -1.43. The van der Waals surface area contributed by atoms with Crippen molar-refractivity contribution in [1.29, 1.82) is 0 Å². The number of rotatable bonds is 4. The van der Waals surface area contributed by atoms with Crippen LogP contribution in [0.15, 0.2) is 21.2 Å². The van der Waals surface area contributed by atoms with Crippen LogP contribution in [0.2, 0.25) is 0 Å². The summed E-state index contributed by atoms with van der Waals surface area (Å²) in [5.41, 5.74) is 0.929. The van der Waals surface area contributed by atoms with Crippen LogP contribution in [0.1, 0.15) is 23.8 Å². The van der Waals surface area contributed by atoms with Gasteiger partial charge in [-0.15, -0.1) is 5.10 Å². The lowest BCUT2D eigenvalue weighted by atomic mass is 10.2. The minimum absolute atomic E-state index is 0.301. The zero-order valence-corrected chi connectivity index (χ0v) is 10.3.